The minimum Gasteiger partial charge on any atom is -0.508 e. The van der Waals surface area contributed by atoms with Crippen LogP contribution in [0.1, 0.15) is 5.56 Å². The molecule has 0 unspecified atom stereocenters. The van der Waals surface area contributed by atoms with E-state index in [9.17, 15) is 14.7 Å². The van der Waals surface area contributed by atoms with E-state index in [1.54, 1.807) is 12.1 Å². The number of carboxylic acids is 1. The van der Waals surface area contributed by atoms with Crippen LogP contribution in [0.15, 0.2) is 29.1 Å². The first-order chi connectivity index (χ1) is 8.97. The first-order valence-corrected chi connectivity index (χ1v) is 5.37. The van der Waals surface area contributed by atoms with Gasteiger partial charge >= 0.3 is 5.97 Å². The molecule has 7 nitrogen and oxygen atoms in total. The molecule has 1 aromatic carbocycles. The van der Waals surface area contributed by atoms with Crippen molar-refractivity contribution in [3.8, 4) is 17.1 Å². The number of benzene rings is 1. The maximum atomic E-state index is 11.7. The van der Waals surface area contributed by atoms with Gasteiger partial charge in [-0.2, -0.15) is 0 Å². The van der Waals surface area contributed by atoms with Crippen LogP contribution in [0, 0.1) is 0 Å². The molecule has 0 spiro atoms. The number of H-pyrrole nitrogens is 1. The van der Waals surface area contributed by atoms with Gasteiger partial charge in [-0.15, -0.1) is 0 Å². The molecule has 0 aliphatic rings. The third-order valence-corrected chi connectivity index (χ3v) is 2.52. The number of carboxylic acid groups (broad SMARTS) is 1. The van der Waals surface area contributed by atoms with Crippen molar-refractivity contribution in [3.63, 3.8) is 0 Å². The van der Waals surface area contributed by atoms with Gasteiger partial charge in [0, 0.05) is 5.56 Å². The maximum absolute atomic E-state index is 11.7. The van der Waals surface area contributed by atoms with E-state index in [-0.39, 0.29) is 23.0 Å². The number of phenolic OH excluding ortho intramolecular Hbond substituents is 1. The summed E-state index contributed by atoms with van der Waals surface area (Å²) in [5.74, 6) is -0.969. The van der Waals surface area contributed by atoms with E-state index in [2.05, 4.69) is 9.97 Å². The summed E-state index contributed by atoms with van der Waals surface area (Å²) < 4.78 is 0. The average Bonchev–Trinajstić information content (AvgIpc) is 2.34. The smallest absolute Gasteiger partial charge is 0.308 e. The molecule has 0 saturated carbocycles. The number of rotatable bonds is 3. The zero-order chi connectivity index (χ0) is 14.0. The monoisotopic (exact) mass is 261 g/mol. The minimum absolute atomic E-state index is 0.0740. The number of aromatic hydroxyl groups is 1. The Kier molecular flexibility index (Phi) is 3.19. The van der Waals surface area contributed by atoms with Crippen LogP contribution in [0.25, 0.3) is 11.4 Å². The third-order valence-electron chi connectivity index (χ3n) is 2.52. The average molecular weight is 261 g/mol. The van der Waals surface area contributed by atoms with Crippen molar-refractivity contribution in [3.05, 3.63) is 40.2 Å². The number of phenols is 1. The second-order valence-electron chi connectivity index (χ2n) is 3.90. The number of aromatic amines is 1. The number of nitrogen functional groups attached to an aromatic ring is 1. The summed E-state index contributed by atoms with van der Waals surface area (Å²) in [6.07, 6.45) is -0.482. The third kappa shape index (κ3) is 2.71. The predicted molar refractivity (Wildman–Crippen MR) is 67.7 cm³/mol. The molecular weight excluding hydrogens is 250 g/mol. The van der Waals surface area contributed by atoms with Crippen LogP contribution in [0.4, 0.5) is 5.82 Å². The van der Waals surface area contributed by atoms with Crippen molar-refractivity contribution in [2.24, 2.45) is 0 Å². The summed E-state index contributed by atoms with van der Waals surface area (Å²) in [6, 6.07) is 6.00. The van der Waals surface area contributed by atoms with Gasteiger partial charge in [0.2, 0.25) is 0 Å². The molecule has 0 radical (unpaired) electrons. The fourth-order valence-electron chi connectivity index (χ4n) is 1.59. The lowest BCUT2D eigenvalue weighted by molar-refractivity contribution is -0.136. The van der Waals surface area contributed by atoms with Gasteiger partial charge in [0.25, 0.3) is 5.56 Å². The first kappa shape index (κ1) is 12.6. The van der Waals surface area contributed by atoms with E-state index < -0.39 is 17.9 Å². The Morgan fingerprint density at radius 3 is 2.47 bits per heavy atom. The Labute approximate surface area is 107 Å². The predicted octanol–water partition coefficient (Wildman–Crippen LogP) is 0.352. The summed E-state index contributed by atoms with van der Waals surface area (Å²) in [5.41, 5.74) is 5.49. The van der Waals surface area contributed by atoms with E-state index >= 15 is 0 Å². The highest BCUT2D eigenvalue weighted by molar-refractivity contribution is 5.72. The van der Waals surface area contributed by atoms with Crippen LogP contribution in [0.5, 0.6) is 5.75 Å². The normalized spacial score (nSPS) is 10.3. The van der Waals surface area contributed by atoms with Crippen molar-refractivity contribution in [2.75, 3.05) is 5.73 Å². The van der Waals surface area contributed by atoms with Gasteiger partial charge in [0.1, 0.15) is 17.4 Å². The first-order valence-electron chi connectivity index (χ1n) is 5.37. The zero-order valence-electron chi connectivity index (χ0n) is 9.75. The SMILES string of the molecule is Nc1nc(-c2ccc(O)cc2)[nH]c(=O)c1CC(=O)O. The molecule has 0 aliphatic heterocycles. The Morgan fingerprint density at radius 1 is 1.32 bits per heavy atom. The number of nitrogens with one attached hydrogen (secondary N) is 1. The molecule has 98 valence electrons. The van der Waals surface area contributed by atoms with Crippen LogP contribution in [0.3, 0.4) is 0 Å². The van der Waals surface area contributed by atoms with Crippen LogP contribution < -0.4 is 11.3 Å². The molecule has 7 heteroatoms. The summed E-state index contributed by atoms with van der Waals surface area (Å²) in [6.45, 7) is 0. The lowest BCUT2D eigenvalue weighted by atomic mass is 10.2. The van der Waals surface area contributed by atoms with E-state index in [1.165, 1.54) is 12.1 Å². The fourth-order valence-corrected chi connectivity index (χ4v) is 1.59. The largest absolute Gasteiger partial charge is 0.508 e. The summed E-state index contributed by atoms with van der Waals surface area (Å²) >= 11 is 0. The van der Waals surface area contributed by atoms with Crippen LogP contribution in [-0.2, 0) is 11.2 Å². The standard InChI is InChI=1S/C12H11N3O4/c13-10-8(5-9(17)18)12(19)15-11(14-10)6-1-3-7(16)4-2-6/h1-4,16H,5H2,(H,17,18)(H3,13,14,15,19). The van der Waals surface area contributed by atoms with E-state index in [1.807, 2.05) is 0 Å². The molecule has 2 rings (SSSR count). The maximum Gasteiger partial charge on any atom is 0.308 e. The molecular formula is C12H11N3O4. The van der Waals surface area contributed by atoms with Crippen molar-refractivity contribution in [1.82, 2.24) is 9.97 Å². The lowest BCUT2D eigenvalue weighted by Gasteiger charge is -2.05. The van der Waals surface area contributed by atoms with Gasteiger partial charge in [-0.05, 0) is 24.3 Å². The number of aromatic nitrogens is 2. The summed E-state index contributed by atoms with van der Waals surface area (Å²) in [4.78, 5) is 28.8. The highest BCUT2D eigenvalue weighted by atomic mass is 16.4. The molecule has 5 N–H and O–H groups in total. The molecule has 0 aliphatic carbocycles. The number of hydrogen-bond donors (Lipinski definition) is 4. The Bertz CT molecular complexity index is 676. The number of nitrogens with zero attached hydrogens (tertiary/aromatic N) is 1. The molecule has 1 heterocycles. The van der Waals surface area contributed by atoms with Crippen LogP contribution in [-0.4, -0.2) is 26.2 Å². The number of nitrogens with two attached hydrogens (primary N) is 1. The number of carbonyl (C=O) groups is 1. The number of aliphatic carboxylic acids is 1. The highest BCUT2D eigenvalue weighted by Gasteiger charge is 2.13. The Balaban J connectivity index is 2.48. The van der Waals surface area contributed by atoms with E-state index in [4.69, 9.17) is 10.8 Å². The second kappa shape index (κ2) is 4.81. The molecule has 0 atom stereocenters. The quantitative estimate of drug-likeness (QED) is 0.631. The summed E-state index contributed by atoms with van der Waals surface area (Å²) in [5, 5.41) is 17.8. The van der Waals surface area contributed by atoms with Gasteiger partial charge in [-0.25, -0.2) is 4.98 Å². The van der Waals surface area contributed by atoms with Crippen LogP contribution >= 0.6 is 0 Å². The van der Waals surface area contributed by atoms with Gasteiger partial charge in [-0.3, -0.25) is 9.59 Å². The number of anilines is 1. The minimum atomic E-state index is -1.16. The Hall–Kier alpha value is -2.83. The van der Waals surface area contributed by atoms with Gasteiger partial charge in [0.05, 0.1) is 12.0 Å². The molecule has 0 amide bonds. The second-order valence-corrected chi connectivity index (χ2v) is 3.90. The van der Waals surface area contributed by atoms with Crippen molar-refractivity contribution < 1.29 is 15.0 Å². The van der Waals surface area contributed by atoms with Crippen molar-refractivity contribution in [2.45, 2.75) is 6.42 Å². The molecule has 0 bridgehead atoms. The van der Waals surface area contributed by atoms with E-state index in [0.29, 0.717) is 5.56 Å². The molecule has 2 aromatic rings. The Morgan fingerprint density at radius 2 is 1.95 bits per heavy atom. The van der Waals surface area contributed by atoms with Crippen molar-refractivity contribution in [1.29, 1.82) is 0 Å². The van der Waals surface area contributed by atoms with Gasteiger partial charge in [0.15, 0.2) is 0 Å². The van der Waals surface area contributed by atoms with E-state index in [0.717, 1.165) is 0 Å². The summed E-state index contributed by atoms with van der Waals surface area (Å²) in [7, 11) is 0. The van der Waals surface area contributed by atoms with Crippen molar-refractivity contribution >= 4 is 11.8 Å². The topological polar surface area (TPSA) is 129 Å². The van der Waals surface area contributed by atoms with Gasteiger partial charge < -0.3 is 20.9 Å². The highest BCUT2D eigenvalue weighted by Crippen LogP contribution is 2.18. The molecule has 19 heavy (non-hydrogen) atoms. The number of hydrogen-bond acceptors (Lipinski definition) is 5. The molecule has 1 aromatic heterocycles. The van der Waals surface area contributed by atoms with Gasteiger partial charge in [-0.1, -0.05) is 0 Å². The van der Waals surface area contributed by atoms with Crippen LogP contribution in [0.2, 0.25) is 0 Å². The fraction of sp³-hybridized carbons (Fsp3) is 0.0833. The zero-order valence-corrected chi connectivity index (χ0v) is 9.75. The lowest BCUT2D eigenvalue weighted by Crippen LogP contribution is -2.21. The molecule has 0 saturated heterocycles. The molecule has 0 fully saturated rings.